The molecule has 0 bridgehead atoms. The monoisotopic (exact) mass is 519 g/mol. The van der Waals surface area contributed by atoms with Crippen LogP contribution in [0.15, 0.2) is 54.7 Å². The maximum absolute atomic E-state index is 13.3. The number of benzene rings is 1. The molecule has 2 N–H and O–H groups in total. The van der Waals surface area contributed by atoms with Gasteiger partial charge < -0.3 is 24.7 Å². The molecule has 1 fully saturated rings. The third-order valence-corrected chi connectivity index (χ3v) is 7.49. The largest absolute Gasteiger partial charge is 0.461 e. The number of pyridine rings is 1. The molecule has 9 nitrogen and oxygen atoms in total. The van der Waals surface area contributed by atoms with Gasteiger partial charge in [-0.2, -0.15) is 9.97 Å². The molecule has 0 radical (unpaired) electrons. The average molecular weight is 520 g/mol. The van der Waals surface area contributed by atoms with E-state index >= 15 is 0 Å². The SMILES string of the molecule is CCc1cc2c(N3CCN(C(=O)c4cc(-c5ccccc5)ccn4)CC3)nc(OC[C@H](O)CO)nc2s1. The molecule has 0 spiro atoms. The predicted octanol–water partition coefficient (Wildman–Crippen LogP) is 3.01. The van der Waals surface area contributed by atoms with Gasteiger partial charge in [0.15, 0.2) is 0 Å². The Balaban J connectivity index is 1.32. The summed E-state index contributed by atoms with van der Waals surface area (Å²) in [6.07, 6.45) is 1.57. The van der Waals surface area contributed by atoms with Crippen LogP contribution in [0, 0.1) is 0 Å². The molecule has 37 heavy (non-hydrogen) atoms. The van der Waals surface area contributed by atoms with Crippen molar-refractivity contribution >= 4 is 33.3 Å². The Labute approximate surface area is 219 Å². The molecule has 1 aliphatic heterocycles. The number of carbonyl (C=O) groups excluding carboxylic acids is 1. The lowest BCUT2D eigenvalue weighted by molar-refractivity contribution is 0.0506. The molecule has 10 heteroatoms. The summed E-state index contributed by atoms with van der Waals surface area (Å²) in [5.74, 6) is 0.668. The van der Waals surface area contributed by atoms with E-state index in [2.05, 4.69) is 32.8 Å². The molecule has 0 aliphatic carbocycles. The second-order valence-corrected chi connectivity index (χ2v) is 9.95. The second-order valence-electron chi connectivity index (χ2n) is 8.84. The zero-order valence-electron chi connectivity index (χ0n) is 20.6. The van der Waals surface area contributed by atoms with Crippen molar-refractivity contribution in [3.63, 3.8) is 0 Å². The van der Waals surface area contributed by atoms with Crippen LogP contribution in [-0.2, 0) is 6.42 Å². The summed E-state index contributed by atoms with van der Waals surface area (Å²) < 4.78 is 5.58. The van der Waals surface area contributed by atoms with Crippen molar-refractivity contribution < 1.29 is 19.7 Å². The molecule has 1 atom stereocenters. The minimum Gasteiger partial charge on any atom is -0.461 e. The molecule has 4 aromatic rings. The molecule has 5 rings (SSSR count). The standard InChI is InChI=1S/C27H29N5O4S/c1-2-21-15-22-24(29-27(30-25(22)37-21)36-17-20(34)16-33)31-10-12-32(13-11-31)26(35)23-14-19(8-9-28-23)18-6-4-3-5-7-18/h3-9,14-15,20,33-34H,2,10-13,16-17H2,1H3/t20-/m1/s1. The van der Waals surface area contributed by atoms with Crippen LogP contribution >= 0.6 is 11.3 Å². The maximum atomic E-state index is 13.3. The normalized spacial score (nSPS) is 14.7. The van der Waals surface area contributed by atoms with E-state index in [1.54, 1.807) is 17.5 Å². The van der Waals surface area contributed by atoms with Gasteiger partial charge in [-0.25, -0.2) is 0 Å². The van der Waals surface area contributed by atoms with Crippen LogP contribution in [0.5, 0.6) is 6.01 Å². The quantitative estimate of drug-likeness (QED) is 0.365. The third kappa shape index (κ3) is 5.56. The molecule has 4 heterocycles. The van der Waals surface area contributed by atoms with E-state index in [0.29, 0.717) is 31.9 Å². The second kappa shape index (κ2) is 11.2. The molecule has 0 unspecified atom stereocenters. The number of hydrogen-bond acceptors (Lipinski definition) is 9. The average Bonchev–Trinajstić information content (AvgIpc) is 3.39. The van der Waals surface area contributed by atoms with Crippen LogP contribution in [0.1, 0.15) is 22.3 Å². The molecule has 0 saturated carbocycles. The number of carbonyl (C=O) groups is 1. The first-order chi connectivity index (χ1) is 18.1. The van der Waals surface area contributed by atoms with Gasteiger partial charge in [-0.05, 0) is 35.7 Å². The van der Waals surface area contributed by atoms with Crippen LogP contribution in [-0.4, -0.2) is 81.5 Å². The summed E-state index contributed by atoms with van der Waals surface area (Å²) in [7, 11) is 0. The minimum atomic E-state index is -0.999. The number of aliphatic hydroxyl groups is 2. The zero-order chi connectivity index (χ0) is 25.8. The lowest BCUT2D eigenvalue weighted by Crippen LogP contribution is -2.49. The van der Waals surface area contributed by atoms with Crippen LogP contribution in [0.4, 0.5) is 5.82 Å². The summed E-state index contributed by atoms with van der Waals surface area (Å²) in [5, 5.41) is 19.7. The summed E-state index contributed by atoms with van der Waals surface area (Å²) in [4.78, 5) is 32.7. The van der Waals surface area contributed by atoms with Gasteiger partial charge in [-0.3, -0.25) is 9.78 Å². The number of piperazine rings is 1. The smallest absolute Gasteiger partial charge is 0.319 e. The van der Waals surface area contributed by atoms with Gasteiger partial charge in [0, 0.05) is 37.3 Å². The van der Waals surface area contributed by atoms with Crippen molar-refractivity contribution in [2.45, 2.75) is 19.4 Å². The van der Waals surface area contributed by atoms with Crippen LogP contribution in [0.3, 0.4) is 0 Å². The topological polar surface area (TPSA) is 112 Å². The number of anilines is 1. The number of ether oxygens (including phenoxy) is 1. The number of fused-ring (bicyclic) bond motifs is 1. The molecule has 1 aromatic carbocycles. The van der Waals surface area contributed by atoms with Crippen molar-refractivity contribution in [2.75, 3.05) is 44.3 Å². The molecular formula is C27H29N5O4S. The van der Waals surface area contributed by atoms with Crippen molar-refractivity contribution in [3.05, 3.63) is 65.3 Å². The van der Waals surface area contributed by atoms with Crippen LogP contribution < -0.4 is 9.64 Å². The Bertz CT molecular complexity index is 1370. The van der Waals surface area contributed by atoms with Gasteiger partial charge in [0.05, 0.1) is 12.0 Å². The fraction of sp³-hybridized carbons (Fsp3) is 0.333. The number of aryl methyl sites for hydroxylation is 1. The fourth-order valence-corrected chi connectivity index (χ4v) is 5.23. The summed E-state index contributed by atoms with van der Waals surface area (Å²) >= 11 is 1.59. The Kier molecular flexibility index (Phi) is 7.59. The van der Waals surface area contributed by atoms with Crippen LogP contribution in [0.2, 0.25) is 0 Å². The van der Waals surface area contributed by atoms with Gasteiger partial charge in [-0.15, -0.1) is 11.3 Å². The van der Waals surface area contributed by atoms with Crippen LogP contribution in [0.25, 0.3) is 21.3 Å². The van der Waals surface area contributed by atoms with Gasteiger partial charge >= 0.3 is 6.01 Å². The van der Waals surface area contributed by atoms with Gasteiger partial charge in [0.25, 0.3) is 5.91 Å². The fourth-order valence-electron chi connectivity index (χ4n) is 4.28. The van der Waals surface area contributed by atoms with Crippen molar-refractivity contribution in [3.8, 4) is 17.1 Å². The van der Waals surface area contributed by atoms with E-state index in [1.807, 2.05) is 47.4 Å². The minimum absolute atomic E-state index is 0.0870. The Morgan fingerprint density at radius 1 is 1.08 bits per heavy atom. The van der Waals surface area contributed by atoms with Crippen molar-refractivity contribution in [1.82, 2.24) is 19.9 Å². The van der Waals surface area contributed by atoms with Crippen molar-refractivity contribution in [2.24, 2.45) is 0 Å². The van der Waals surface area contributed by atoms with E-state index in [1.165, 1.54) is 4.88 Å². The number of thiophene rings is 1. The van der Waals surface area contributed by atoms with Gasteiger partial charge in [0.2, 0.25) is 0 Å². The summed E-state index contributed by atoms with van der Waals surface area (Å²) in [5.41, 5.74) is 2.44. The summed E-state index contributed by atoms with van der Waals surface area (Å²) in [6.45, 7) is 3.88. The molecule has 1 amide bonds. The molecule has 3 aromatic heterocycles. The maximum Gasteiger partial charge on any atom is 0.319 e. The number of nitrogens with zero attached hydrogens (tertiary/aromatic N) is 5. The zero-order valence-corrected chi connectivity index (χ0v) is 21.4. The lowest BCUT2D eigenvalue weighted by atomic mass is 10.1. The Hall–Kier alpha value is -3.60. The number of aromatic nitrogens is 3. The predicted molar refractivity (Wildman–Crippen MR) is 143 cm³/mol. The molecule has 1 saturated heterocycles. The Morgan fingerprint density at radius 2 is 1.86 bits per heavy atom. The lowest BCUT2D eigenvalue weighted by Gasteiger charge is -2.35. The Morgan fingerprint density at radius 3 is 2.59 bits per heavy atom. The molecular weight excluding hydrogens is 490 g/mol. The van der Waals surface area contributed by atoms with E-state index in [4.69, 9.17) is 9.84 Å². The third-order valence-electron chi connectivity index (χ3n) is 6.32. The number of aliphatic hydroxyl groups excluding tert-OH is 2. The summed E-state index contributed by atoms with van der Waals surface area (Å²) in [6, 6.07) is 16.0. The number of hydrogen-bond donors (Lipinski definition) is 2. The number of amides is 1. The molecule has 1 aliphatic rings. The van der Waals surface area contributed by atoms with Gasteiger partial charge in [0.1, 0.15) is 29.1 Å². The highest BCUT2D eigenvalue weighted by Gasteiger charge is 2.26. The highest BCUT2D eigenvalue weighted by molar-refractivity contribution is 7.18. The van der Waals surface area contributed by atoms with E-state index in [-0.39, 0.29) is 18.5 Å². The highest BCUT2D eigenvalue weighted by Crippen LogP contribution is 2.33. The highest BCUT2D eigenvalue weighted by atomic mass is 32.1. The van der Waals surface area contributed by atoms with Gasteiger partial charge in [-0.1, -0.05) is 37.3 Å². The molecule has 192 valence electrons. The van der Waals surface area contributed by atoms with Crippen molar-refractivity contribution in [1.29, 1.82) is 0 Å². The van der Waals surface area contributed by atoms with E-state index in [9.17, 15) is 9.90 Å². The first-order valence-electron chi connectivity index (χ1n) is 12.3. The first kappa shape index (κ1) is 25.1. The van der Waals surface area contributed by atoms with E-state index < -0.39 is 12.7 Å². The number of rotatable bonds is 8. The van der Waals surface area contributed by atoms with E-state index in [0.717, 1.165) is 33.6 Å². The first-order valence-corrected chi connectivity index (χ1v) is 13.1.